The normalized spacial score (nSPS) is 14.8. The topological polar surface area (TPSA) is 85.8 Å². The van der Waals surface area contributed by atoms with E-state index < -0.39 is 6.10 Å². The minimum atomic E-state index is -0.598. The monoisotopic (exact) mass is 526 g/mol. The number of carbonyl (C=O) groups is 2. The number of benzene rings is 2. The number of aliphatic hydroxyl groups excluding tert-OH is 1. The summed E-state index contributed by atoms with van der Waals surface area (Å²) >= 11 is 7.95. The Balaban J connectivity index is 0.000000202. The highest BCUT2D eigenvalue weighted by Gasteiger charge is 2.29. The van der Waals surface area contributed by atoms with Gasteiger partial charge in [-0.2, -0.15) is 0 Å². The first-order chi connectivity index (χ1) is 17.3. The first kappa shape index (κ1) is 27.5. The molecule has 1 atom stereocenters. The largest absolute Gasteiger partial charge is 0.391 e. The zero-order valence-electron chi connectivity index (χ0n) is 20.6. The SMILES string of the molecule is CCN(Sc1ccc(C)cc1)c1cccc(Cl)c1C.O=CNCc1ccc(N2CC(O)CC2=O)cn1. The highest BCUT2D eigenvalue weighted by molar-refractivity contribution is 8.00. The van der Waals surface area contributed by atoms with E-state index in [-0.39, 0.29) is 12.3 Å². The lowest BCUT2D eigenvalue weighted by atomic mass is 10.2. The first-order valence-electron chi connectivity index (χ1n) is 11.7. The van der Waals surface area contributed by atoms with Crippen LogP contribution in [-0.4, -0.2) is 41.6 Å². The van der Waals surface area contributed by atoms with Crippen LogP contribution in [0.15, 0.2) is 65.7 Å². The van der Waals surface area contributed by atoms with Crippen LogP contribution in [0.3, 0.4) is 0 Å². The predicted molar refractivity (Wildman–Crippen MR) is 146 cm³/mol. The fraction of sp³-hybridized carbons (Fsp3) is 0.296. The van der Waals surface area contributed by atoms with Crippen LogP contribution in [0.1, 0.15) is 30.2 Å². The van der Waals surface area contributed by atoms with Crippen LogP contribution in [0.2, 0.25) is 5.02 Å². The van der Waals surface area contributed by atoms with Crippen LogP contribution in [0.25, 0.3) is 0 Å². The van der Waals surface area contributed by atoms with Crippen LogP contribution in [0.4, 0.5) is 11.4 Å². The summed E-state index contributed by atoms with van der Waals surface area (Å²) in [5.41, 5.74) is 4.98. The van der Waals surface area contributed by atoms with Crippen molar-refractivity contribution < 1.29 is 14.7 Å². The average molecular weight is 527 g/mol. The van der Waals surface area contributed by atoms with Gasteiger partial charge in [0.2, 0.25) is 12.3 Å². The fourth-order valence-electron chi connectivity index (χ4n) is 3.64. The molecular formula is C27H31ClN4O3S. The number of nitrogens with one attached hydrogen (secondary N) is 1. The smallest absolute Gasteiger partial charge is 0.229 e. The molecule has 1 aliphatic heterocycles. The number of amides is 2. The molecule has 190 valence electrons. The van der Waals surface area contributed by atoms with Gasteiger partial charge in [-0.15, -0.1) is 0 Å². The number of β-amino-alcohol motifs (C(OH)–C–C–N with tert-alkyl or cyclic N) is 1. The number of aliphatic hydroxyl groups is 1. The van der Waals surface area contributed by atoms with Gasteiger partial charge in [0, 0.05) is 16.5 Å². The molecule has 0 aliphatic carbocycles. The van der Waals surface area contributed by atoms with E-state index in [0.717, 1.165) is 17.1 Å². The highest BCUT2D eigenvalue weighted by Crippen LogP contribution is 2.33. The molecule has 0 radical (unpaired) electrons. The second-order valence-corrected chi connectivity index (χ2v) is 9.85. The zero-order chi connectivity index (χ0) is 26.1. The molecular weight excluding hydrogens is 496 g/mol. The van der Waals surface area contributed by atoms with E-state index in [1.807, 2.05) is 12.1 Å². The summed E-state index contributed by atoms with van der Waals surface area (Å²) in [5, 5.41) is 12.7. The van der Waals surface area contributed by atoms with Gasteiger partial charge < -0.3 is 19.6 Å². The van der Waals surface area contributed by atoms with Crippen molar-refractivity contribution in [1.82, 2.24) is 10.3 Å². The van der Waals surface area contributed by atoms with Gasteiger partial charge in [0.1, 0.15) is 0 Å². The van der Waals surface area contributed by atoms with Crippen molar-refractivity contribution in [3.05, 3.63) is 82.6 Å². The van der Waals surface area contributed by atoms with E-state index in [9.17, 15) is 14.7 Å². The molecule has 2 N–H and O–H groups in total. The Morgan fingerprint density at radius 2 is 1.94 bits per heavy atom. The Bertz CT molecular complexity index is 1160. The second kappa shape index (κ2) is 13.3. The lowest BCUT2D eigenvalue weighted by molar-refractivity contribution is -0.117. The number of aryl methyl sites for hydroxylation is 1. The molecule has 1 saturated heterocycles. The molecule has 7 nitrogen and oxygen atoms in total. The van der Waals surface area contributed by atoms with Crippen molar-refractivity contribution in [3.63, 3.8) is 0 Å². The van der Waals surface area contributed by atoms with E-state index in [2.05, 4.69) is 65.7 Å². The first-order valence-corrected chi connectivity index (χ1v) is 12.8. The van der Waals surface area contributed by atoms with Gasteiger partial charge in [-0.05, 0) is 74.7 Å². The maximum Gasteiger partial charge on any atom is 0.229 e. The Morgan fingerprint density at radius 1 is 1.19 bits per heavy atom. The number of pyridine rings is 1. The van der Waals surface area contributed by atoms with Crippen molar-refractivity contribution >= 4 is 47.2 Å². The highest BCUT2D eigenvalue weighted by atomic mass is 35.5. The van der Waals surface area contributed by atoms with Gasteiger partial charge >= 0.3 is 0 Å². The lowest BCUT2D eigenvalue weighted by Gasteiger charge is -2.24. The number of carbonyl (C=O) groups excluding carboxylic acids is 2. The van der Waals surface area contributed by atoms with E-state index in [0.29, 0.717) is 30.9 Å². The molecule has 1 aliphatic rings. The predicted octanol–water partition coefficient (Wildman–Crippen LogP) is 4.92. The number of rotatable bonds is 8. The van der Waals surface area contributed by atoms with Crippen LogP contribution in [0, 0.1) is 13.8 Å². The van der Waals surface area contributed by atoms with Gasteiger partial charge in [0.05, 0.1) is 48.9 Å². The molecule has 3 aromatic rings. The van der Waals surface area contributed by atoms with Crippen LogP contribution in [0.5, 0.6) is 0 Å². The number of nitrogens with zero attached hydrogens (tertiary/aromatic N) is 3. The minimum absolute atomic E-state index is 0.0990. The second-order valence-electron chi connectivity index (χ2n) is 8.35. The van der Waals surface area contributed by atoms with Gasteiger partial charge in [-0.1, -0.05) is 35.4 Å². The summed E-state index contributed by atoms with van der Waals surface area (Å²) in [4.78, 5) is 28.5. The fourth-order valence-corrected chi connectivity index (χ4v) is 4.75. The number of halogens is 1. The molecule has 2 amide bonds. The van der Waals surface area contributed by atoms with Crippen molar-refractivity contribution in [1.29, 1.82) is 0 Å². The molecule has 2 aromatic carbocycles. The van der Waals surface area contributed by atoms with Crippen molar-refractivity contribution in [2.75, 3.05) is 22.3 Å². The van der Waals surface area contributed by atoms with E-state index >= 15 is 0 Å². The Kier molecular flexibility index (Phi) is 10.2. The maximum absolute atomic E-state index is 11.5. The summed E-state index contributed by atoms with van der Waals surface area (Å²) < 4.78 is 2.27. The number of hydrogen-bond acceptors (Lipinski definition) is 6. The van der Waals surface area contributed by atoms with E-state index in [1.54, 1.807) is 30.3 Å². The molecule has 9 heteroatoms. The van der Waals surface area contributed by atoms with E-state index in [4.69, 9.17) is 11.6 Å². The van der Waals surface area contributed by atoms with Crippen LogP contribution < -0.4 is 14.5 Å². The van der Waals surface area contributed by atoms with Crippen molar-refractivity contribution in [2.45, 2.75) is 44.7 Å². The molecule has 1 unspecified atom stereocenters. The summed E-state index contributed by atoms with van der Waals surface area (Å²) in [6.45, 7) is 7.93. The van der Waals surface area contributed by atoms with Crippen molar-refractivity contribution in [3.8, 4) is 0 Å². The molecule has 0 saturated carbocycles. The van der Waals surface area contributed by atoms with Crippen molar-refractivity contribution in [2.24, 2.45) is 0 Å². The summed E-state index contributed by atoms with van der Waals surface area (Å²) in [6, 6.07) is 18.1. The standard InChI is InChI=1S/C16H18ClNS.C11H13N3O3/c1-4-18(16-7-5-6-15(17)13(16)3)19-14-10-8-12(2)9-11-14;15-7-12-4-8-1-2-9(5-13-8)14-6-10(16)3-11(14)17/h5-11H,4H2,1-3H3;1-2,5,7,10,16H,3-4,6H2,(H,12,15). The third-order valence-electron chi connectivity index (χ3n) is 5.62. The maximum atomic E-state index is 11.5. The van der Waals surface area contributed by atoms with Crippen LogP contribution >= 0.6 is 23.5 Å². The van der Waals surface area contributed by atoms with Crippen LogP contribution in [-0.2, 0) is 16.1 Å². The summed E-state index contributed by atoms with van der Waals surface area (Å²) in [7, 11) is 0. The molecule has 0 spiro atoms. The zero-order valence-corrected chi connectivity index (χ0v) is 22.2. The average Bonchev–Trinajstić information content (AvgIpc) is 3.22. The molecule has 0 bridgehead atoms. The number of aromatic nitrogens is 1. The third-order valence-corrected chi connectivity index (χ3v) is 7.19. The molecule has 4 rings (SSSR count). The van der Waals surface area contributed by atoms with Gasteiger partial charge in [0.15, 0.2) is 0 Å². The summed E-state index contributed by atoms with van der Waals surface area (Å²) in [5.74, 6) is -0.0990. The quantitative estimate of drug-likeness (QED) is 0.320. The third kappa shape index (κ3) is 7.46. The van der Waals surface area contributed by atoms with Gasteiger partial charge in [-0.25, -0.2) is 0 Å². The molecule has 36 heavy (non-hydrogen) atoms. The Hall–Kier alpha value is -3.07. The number of anilines is 2. The van der Waals surface area contributed by atoms with Gasteiger partial charge in [0.25, 0.3) is 0 Å². The molecule has 1 aromatic heterocycles. The molecule has 1 fully saturated rings. The van der Waals surface area contributed by atoms with Gasteiger partial charge in [-0.3, -0.25) is 14.6 Å². The number of hydrogen-bond donors (Lipinski definition) is 2. The van der Waals surface area contributed by atoms with E-state index in [1.165, 1.54) is 21.0 Å². The Labute approximate surface area is 221 Å². The Morgan fingerprint density at radius 3 is 2.53 bits per heavy atom. The minimum Gasteiger partial charge on any atom is -0.391 e. The summed E-state index contributed by atoms with van der Waals surface area (Å²) in [6.07, 6.45) is 1.74. The molecule has 2 heterocycles. The lowest BCUT2D eigenvalue weighted by Crippen LogP contribution is -2.25.